The van der Waals surface area contributed by atoms with Crippen LogP contribution in [0.1, 0.15) is 28.4 Å². The molecule has 1 aromatic rings. The zero-order valence-corrected chi connectivity index (χ0v) is 13.0. The number of carbonyl (C=O) groups is 2. The maximum atomic E-state index is 12.7. The Kier molecular flexibility index (Phi) is 4.25. The van der Waals surface area contributed by atoms with Gasteiger partial charge in [-0.2, -0.15) is 13.2 Å². The molecule has 0 radical (unpaired) electrons. The molecule has 2 aliphatic rings. The second kappa shape index (κ2) is 6.08. The summed E-state index contributed by atoms with van der Waals surface area (Å²) in [6, 6.07) is 4.79. The number of nitrogens with zero attached hydrogens (tertiary/aromatic N) is 1. The maximum Gasteiger partial charge on any atom is 0.490 e. The van der Waals surface area contributed by atoms with Crippen molar-refractivity contribution in [3.05, 3.63) is 34.9 Å². The fourth-order valence-electron chi connectivity index (χ4n) is 3.34. The van der Waals surface area contributed by atoms with E-state index in [0.29, 0.717) is 24.9 Å². The van der Waals surface area contributed by atoms with Crippen molar-refractivity contribution in [2.24, 2.45) is 0 Å². The number of hydrogen-bond donors (Lipinski definition) is 1. The van der Waals surface area contributed by atoms with Crippen LogP contribution in [0.5, 0.6) is 0 Å². The molecule has 1 saturated heterocycles. The first-order valence-corrected chi connectivity index (χ1v) is 7.76. The molecule has 24 heavy (non-hydrogen) atoms. The Morgan fingerprint density at radius 1 is 1.42 bits per heavy atom. The van der Waals surface area contributed by atoms with Crippen molar-refractivity contribution in [3.63, 3.8) is 0 Å². The van der Waals surface area contributed by atoms with Crippen molar-refractivity contribution >= 4 is 11.9 Å². The number of ether oxygens (including phenoxy) is 1. The van der Waals surface area contributed by atoms with Gasteiger partial charge >= 0.3 is 12.1 Å². The Labute approximate surface area is 136 Å². The lowest BCUT2D eigenvalue weighted by Gasteiger charge is -2.44. The second-order valence-corrected chi connectivity index (χ2v) is 5.84. The molecule has 8 heteroatoms. The fourth-order valence-corrected chi connectivity index (χ4v) is 3.34. The summed E-state index contributed by atoms with van der Waals surface area (Å²) >= 11 is 0. The normalized spacial score (nSPS) is 23.5. The molecular formula is C16H17F3N2O3. The third-order valence-corrected chi connectivity index (χ3v) is 4.47. The number of rotatable bonds is 2. The van der Waals surface area contributed by atoms with Gasteiger partial charge in [0, 0.05) is 18.7 Å². The molecule has 2 atom stereocenters. The van der Waals surface area contributed by atoms with Gasteiger partial charge in [-0.1, -0.05) is 19.1 Å². The highest BCUT2D eigenvalue weighted by Crippen LogP contribution is 2.30. The molecule has 0 aliphatic carbocycles. The lowest BCUT2D eigenvalue weighted by atomic mass is 9.87. The fraction of sp³-hybridized carbons (Fsp3) is 0.500. The summed E-state index contributed by atoms with van der Waals surface area (Å²) in [4.78, 5) is 25.3. The topological polar surface area (TPSA) is 58.6 Å². The number of piperazine rings is 1. The zero-order chi connectivity index (χ0) is 17.5. The molecule has 3 rings (SSSR count). The number of amides is 1. The van der Waals surface area contributed by atoms with E-state index in [0.717, 1.165) is 11.1 Å². The number of halogens is 3. The van der Waals surface area contributed by atoms with Crippen molar-refractivity contribution in [2.45, 2.75) is 38.2 Å². The summed E-state index contributed by atoms with van der Waals surface area (Å²) in [7, 11) is 0. The van der Waals surface area contributed by atoms with E-state index in [4.69, 9.17) is 0 Å². The minimum atomic E-state index is -5.06. The molecule has 5 nitrogen and oxygen atoms in total. The van der Waals surface area contributed by atoms with Crippen LogP contribution < -0.4 is 5.32 Å². The molecule has 0 spiro atoms. The van der Waals surface area contributed by atoms with E-state index in [-0.39, 0.29) is 12.5 Å². The number of hydrogen-bond acceptors (Lipinski definition) is 4. The van der Waals surface area contributed by atoms with Gasteiger partial charge in [0.25, 0.3) is 5.91 Å². The number of aryl methyl sites for hydroxylation is 1. The van der Waals surface area contributed by atoms with Crippen molar-refractivity contribution in [3.8, 4) is 0 Å². The van der Waals surface area contributed by atoms with Gasteiger partial charge in [0.05, 0.1) is 6.04 Å². The first-order valence-electron chi connectivity index (χ1n) is 7.76. The Morgan fingerprint density at radius 3 is 2.83 bits per heavy atom. The number of alkyl halides is 3. The van der Waals surface area contributed by atoms with Gasteiger partial charge in [-0.05, 0) is 30.0 Å². The lowest BCUT2D eigenvalue weighted by molar-refractivity contribution is -0.210. The Morgan fingerprint density at radius 2 is 2.17 bits per heavy atom. The molecule has 1 amide bonds. The highest BCUT2D eigenvalue weighted by atomic mass is 19.4. The average molecular weight is 342 g/mol. The van der Waals surface area contributed by atoms with Crippen molar-refractivity contribution in [2.75, 3.05) is 13.1 Å². The van der Waals surface area contributed by atoms with E-state index >= 15 is 0 Å². The molecule has 1 aromatic carbocycles. The van der Waals surface area contributed by atoms with Gasteiger partial charge in [-0.25, -0.2) is 4.79 Å². The number of carbonyl (C=O) groups excluding carboxylic acids is 2. The summed E-state index contributed by atoms with van der Waals surface area (Å²) in [5.74, 6) is -2.48. The van der Waals surface area contributed by atoms with Crippen LogP contribution in [0.25, 0.3) is 0 Å². The summed E-state index contributed by atoms with van der Waals surface area (Å²) in [6.45, 7) is 2.58. The lowest BCUT2D eigenvalue weighted by Crippen LogP contribution is -2.63. The van der Waals surface area contributed by atoms with Crippen LogP contribution in [0.4, 0.5) is 13.2 Å². The van der Waals surface area contributed by atoms with Crippen LogP contribution in [0.3, 0.4) is 0 Å². The van der Waals surface area contributed by atoms with Crippen molar-refractivity contribution in [1.29, 1.82) is 0 Å². The third-order valence-electron chi connectivity index (χ3n) is 4.47. The van der Waals surface area contributed by atoms with Gasteiger partial charge in [0.2, 0.25) is 0 Å². The summed E-state index contributed by atoms with van der Waals surface area (Å²) in [5.41, 5.74) is 2.38. The molecule has 2 aliphatic heterocycles. The van der Waals surface area contributed by atoms with Crippen LogP contribution in [0, 0.1) is 0 Å². The van der Waals surface area contributed by atoms with E-state index in [2.05, 4.69) is 10.1 Å². The van der Waals surface area contributed by atoms with Gasteiger partial charge in [0.15, 0.2) is 6.23 Å². The summed E-state index contributed by atoms with van der Waals surface area (Å²) in [6.07, 6.45) is -5.16. The Bertz CT molecular complexity index is 675. The number of benzene rings is 1. The van der Waals surface area contributed by atoms with Crippen molar-refractivity contribution < 1.29 is 27.5 Å². The molecule has 1 N–H and O–H groups in total. The summed E-state index contributed by atoms with van der Waals surface area (Å²) < 4.78 is 42.0. The van der Waals surface area contributed by atoms with Crippen LogP contribution in [0.15, 0.2) is 18.2 Å². The van der Waals surface area contributed by atoms with Gasteiger partial charge in [-0.3, -0.25) is 10.1 Å². The molecule has 2 heterocycles. The van der Waals surface area contributed by atoms with Crippen LogP contribution in [0.2, 0.25) is 0 Å². The Hall–Kier alpha value is -2.09. The monoisotopic (exact) mass is 342 g/mol. The quantitative estimate of drug-likeness (QED) is 0.831. The first-order chi connectivity index (χ1) is 11.3. The molecule has 130 valence electrons. The second-order valence-electron chi connectivity index (χ2n) is 5.84. The highest BCUT2D eigenvalue weighted by molar-refractivity contribution is 5.97. The SMILES string of the molecule is CCc1cccc2c1CC1C(OC(=O)C(F)(F)F)NCCN1C2=O. The van der Waals surface area contributed by atoms with Crippen LogP contribution >= 0.6 is 0 Å². The first kappa shape index (κ1) is 16.8. The molecule has 0 aromatic heterocycles. The van der Waals surface area contributed by atoms with E-state index < -0.39 is 24.4 Å². The predicted molar refractivity (Wildman–Crippen MR) is 78.3 cm³/mol. The third kappa shape index (κ3) is 2.86. The van der Waals surface area contributed by atoms with Crippen LogP contribution in [-0.4, -0.2) is 48.3 Å². The molecule has 1 fully saturated rings. The molecule has 2 unspecified atom stereocenters. The molecular weight excluding hydrogens is 325 g/mol. The molecule has 0 saturated carbocycles. The van der Waals surface area contributed by atoms with Gasteiger partial charge < -0.3 is 9.64 Å². The van der Waals surface area contributed by atoms with Crippen molar-refractivity contribution in [1.82, 2.24) is 10.2 Å². The highest BCUT2D eigenvalue weighted by Gasteiger charge is 2.47. The van der Waals surface area contributed by atoms with Gasteiger partial charge in [-0.15, -0.1) is 0 Å². The standard InChI is InChI=1S/C16H17F3N2O3/c1-2-9-4-3-5-10-11(9)8-12-13(24-15(23)16(17,18)19)20-6-7-21(12)14(10)22/h3-5,12-13,20H,2,6-8H2,1H3. The smallest absolute Gasteiger partial charge is 0.438 e. The number of esters is 1. The minimum Gasteiger partial charge on any atom is -0.438 e. The summed E-state index contributed by atoms with van der Waals surface area (Å²) in [5, 5.41) is 2.77. The number of fused-ring (bicyclic) bond motifs is 2. The average Bonchev–Trinajstić information content (AvgIpc) is 2.54. The molecule has 0 bridgehead atoms. The van der Waals surface area contributed by atoms with E-state index in [1.807, 2.05) is 13.0 Å². The predicted octanol–water partition coefficient (Wildman–Crippen LogP) is 1.65. The minimum absolute atomic E-state index is 0.230. The van der Waals surface area contributed by atoms with Gasteiger partial charge in [0.1, 0.15) is 0 Å². The van der Waals surface area contributed by atoms with E-state index in [9.17, 15) is 22.8 Å². The van der Waals surface area contributed by atoms with E-state index in [1.165, 1.54) is 4.90 Å². The zero-order valence-electron chi connectivity index (χ0n) is 13.0. The van der Waals surface area contributed by atoms with Crippen LogP contribution in [-0.2, 0) is 22.4 Å². The number of nitrogens with one attached hydrogen (secondary N) is 1. The maximum absolute atomic E-state index is 12.7. The largest absolute Gasteiger partial charge is 0.490 e. The Balaban J connectivity index is 1.91. The van der Waals surface area contributed by atoms with E-state index in [1.54, 1.807) is 12.1 Å².